The second-order valence-electron chi connectivity index (χ2n) is 4.39. The molecule has 2 aromatic carbocycles. The fraction of sp³-hybridized carbons (Fsp3) is 0.188. The number of Topliss-reactive ketones (excluding diaryl/α,β-unsaturated/α-hetero) is 1. The van der Waals surface area contributed by atoms with E-state index in [0.29, 0.717) is 17.9 Å². The number of benzene rings is 2. The van der Waals surface area contributed by atoms with Gasteiger partial charge in [0, 0.05) is 11.6 Å². The highest BCUT2D eigenvalue weighted by Gasteiger charge is 2.15. The number of nitrogens with zero attached hydrogens (tertiary/aromatic N) is 1. The Hall–Kier alpha value is -2.89. The highest BCUT2D eigenvalue weighted by Crippen LogP contribution is 2.25. The third-order valence-corrected chi connectivity index (χ3v) is 2.91. The van der Waals surface area contributed by atoms with Crippen molar-refractivity contribution in [3.8, 4) is 11.5 Å². The minimum Gasteiger partial charge on any atom is -0.494 e. The van der Waals surface area contributed by atoms with E-state index in [1.165, 1.54) is 12.1 Å². The number of para-hydroxylation sites is 2. The zero-order valence-corrected chi connectivity index (χ0v) is 12.0. The van der Waals surface area contributed by atoms with E-state index in [-0.39, 0.29) is 23.8 Å². The number of rotatable bonds is 7. The molecule has 0 aliphatic carbocycles. The minimum atomic E-state index is -0.545. The summed E-state index contributed by atoms with van der Waals surface area (Å²) in [6.45, 7) is 2.16. The maximum absolute atomic E-state index is 12.0. The van der Waals surface area contributed by atoms with E-state index in [2.05, 4.69) is 0 Å². The lowest BCUT2D eigenvalue weighted by Crippen LogP contribution is -2.12. The molecule has 0 atom stereocenters. The third kappa shape index (κ3) is 3.82. The Morgan fingerprint density at radius 2 is 1.77 bits per heavy atom. The first-order chi connectivity index (χ1) is 10.6. The number of carbonyl (C=O) groups is 1. The van der Waals surface area contributed by atoms with E-state index >= 15 is 0 Å². The van der Waals surface area contributed by atoms with Crippen molar-refractivity contribution in [2.45, 2.75) is 6.92 Å². The van der Waals surface area contributed by atoms with Crippen LogP contribution in [0.5, 0.6) is 11.5 Å². The van der Waals surface area contributed by atoms with Gasteiger partial charge in [0.25, 0.3) is 0 Å². The summed E-state index contributed by atoms with van der Waals surface area (Å²) in [7, 11) is 0. The van der Waals surface area contributed by atoms with Gasteiger partial charge in [0.1, 0.15) is 5.75 Å². The molecule has 0 aliphatic heterocycles. The van der Waals surface area contributed by atoms with E-state index in [1.54, 1.807) is 36.4 Å². The lowest BCUT2D eigenvalue weighted by atomic mass is 10.1. The summed E-state index contributed by atoms with van der Waals surface area (Å²) in [6, 6.07) is 12.6. The van der Waals surface area contributed by atoms with Gasteiger partial charge in [-0.1, -0.05) is 12.1 Å². The van der Waals surface area contributed by atoms with Crippen LogP contribution in [-0.2, 0) is 0 Å². The average molecular weight is 301 g/mol. The van der Waals surface area contributed by atoms with Crippen molar-refractivity contribution in [1.82, 2.24) is 0 Å². The smallest absolute Gasteiger partial charge is 0.310 e. The van der Waals surface area contributed by atoms with Crippen LogP contribution >= 0.6 is 0 Å². The van der Waals surface area contributed by atoms with E-state index in [1.807, 2.05) is 6.92 Å². The Balaban J connectivity index is 2.02. The Morgan fingerprint density at radius 1 is 1.09 bits per heavy atom. The standard InChI is InChI=1S/C16H15NO5/c1-2-21-13-9-7-12(8-10-13)15(18)11-22-16-6-4-3-5-14(16)17(19)20/h3-10H,2,11H2,1H3. The van der Waals surface area contributed by atoms with Crippen molar-refractivity contribution < 1.29 is 19.2 Å². The molecule has 6 nitrogen and oxygen atoms in total. The van der Waals surface area contributed by atoms with Gasteiger partial charge in [0.15, 0.2) is 18.1 Å². The molecule has 0 unspecified atom stereocenters. The van der Waals surface area contributed by atoms with E-state index < -0.39 is 4.92 Å². The maximum atomic E-state index is 12.0. The monoisotopic (exact) mass is 301 g/mol. The van der Waals surface area contributed by atoms with Crippen LogP contribution in [0.2, 0.25) is 0 Å². The third-order valence-electron chi connectivity index (χ3n) is 2.91. The highest BCUT2D eigenvalue weighted by atomic mass is 16.6. The van der Waals surface area contributed by atoms with Crippen molar-refractivity contribution in [2.75, 3.05) is 13.2 Å². The molecule has 0 aromatic heterocycles. The predicted molar refractivity (Wildman–Crippen MR) is 80.5 cm³/mol. The van der Waals surface area contributed by atoms with Crippen molar-refractivity contribution in [1.29, 1.82) is 0 Å². The number of hydrogen-bond donors (Lipinski definition) is 0. The van der Waals surface area contributed by atoms with Gasteiger partial charge in [0.2, 0.25) is 0 Å². The summed E-state index contributed by atoms with van der Waals surface area (Å²) in [6.07, 6.45) is 0. The molecule has 2 aromatic rings. The number of hydrogen-bond acceptors (Lipinski definition) is 5. The van der Waals surface area contributed by atoms with Crippen LogP contribution in [0.3, 0.4) is 0 Å². The fourth-order valence-corrected chi connectivity index (χ4v) is 1.86. The fourth-order valence-electron chi connectivity index (χ4n) is 1.86. The molecular weight excluding hydrogens is 286 g/mol. The molecule has 0 fully saturated rings. The quantitative estimate of drug-likeness (QED) is 0.445. The first-order valence-electron chi connectivity index (χ1n) is 6.74. The summed E-state index contributed by atoms with van der Waals surface area (Å²) >= 11 is 0. The van der Waals surface area contributed by atoms with Crippen molar-refractivity contribution in [2.24, 2.45) is 0 Å². The van der Waals surface area contributed by atoms with Crippen LogP contribution in [0.25, 0.3) is 0 Å². The van der Waals surface area contributed by atoms with E-state index in [0.717, 1.165) is 0 Å². The first-order valence-corrected chi connectivity index (χ1v) is 6.74. The summed E-state index contributed by atoms with van der Waals surface area (Å²) in [5.41, 5.74) is 0.295. The molecule has 114 valence electrons. The van der Waals surface area contributed by atoms with Crippen molar-refractivity contribution in [3.05, 3.63) is 64.2 Å². The maximum Gasteiger partial charge on any atom is 0.310 e. The molecular formula is C16H15NO5. The molecule has 0 N–H and O–H groups in total. The molecule has 0 amide bonds. The van der Waals surface area contributed by atoms with E-state index in [4.69, 9.17) is 9.47 Å². The Kier molecular flexibility index (Phi) is 5.08. The number of nitro groups is 1. The normalized spacial score (nSPS) is 10.0. The lowest BCUT2D eigenvalue weighted by molar-refractivity contribution is -0.385. The van der Waals surface area contributed by atoms with Gasteiger partial charge in [0.05, 0.1) is 11.5 Å². The summed E-state index contributed by atoms with van der Waals surface area (Å²) in [5, 5.41) is 10.9. The van der Waals surface area contributed by atoms with Gasteiger partial charge < -0.3 is 9.47 Å². The molecule has 2 rings (SSSR count). The molecule has 0 saturated heterocycles. The van der Waals surface area contributed by atoms with Gasteiger partial charge >= 0.3 is 5.69 Å². The van der Waals surface area contributed by atoms with Crippen LogP contribution in [0, 0.1) is 10.1 Å². The molecule has 0 heterocycles. The number of ether oxygens (including phenoxy) is 2. The van der Waals surface area contributed by atoms with Crippen molar-refractivity contribution >= 4 is 11.5 Å². The van der Waals surface area contributed by atoms with Crippen LogP contribution in [0.4, 0.5) is 5.69 Å². The Morgan fingerprint density at radius 3 is 2.41 bits per heavy atom. The summed E-state index contributed by atoms with van der Waals surface area (Å²) < 4.78 is 10.6. The summed E-state index contributed by atoms with van der Waals surface area (Å²) in [4.78, 5) is 22.3. The zero-order chi connectivity index (χ0) is 15.9. The minimum absolute atomic E-state index is 0.0757. The molecule has 0 aliphatic rings. The van der Waals surface area contributed by atoms with Crippen LogP contribution in [-0.4, -0.2) is 23.9 Å². The van der Waals surface area contributed by atoms with Crippen LogP contribution < -0.4 is 9.47 Å². The number of ketones is 1. The first kappa shape index (κ1) is 15.5. The summed E-state index contributed by atoms with van der Waals surface area (Å²) in [5.74, 6) is 0.492. The highest BCUT2D eigenvalue weighted by molar-refractivity contribution is 5.97. The Labute approximate surface area is 127 Å². The van der Waals surface area contributed by atoms with Gasteiger partial charge in [-0.2, -0.15) is 0 Å². The SMILES string of the molecule is CCOc1ccc(C(=O)COc2ccccc2[N+](=O)[O-])cc1. The topological polar surface area (TPSA) is 78.7 Å². The van der Waals surface area contributed by atoms with Gasteiger partial charge in [-0.05, 0) is 37.3 Å². The Bertz CT molecular complexity index is 666. The van der Waals surface area contributed by atoms with Crippen LogP contribution in [0.1, 0.15) is 17.3 Å². The van der Waals surface area contributed by atoms with Crippen LogP contribution in [0.15, 0.2) is 48.5 Å². The zero-order valence-electron chi connectivity index (χ0n) is 12.0. The molecule has 22 heavy (non-hydrogen) atoms. The average Bonchev–Trinajstić information content (AvgIpc) is 2.54. The van der Waals surface area contributed by atoms with Gasteiger partial charge in [-0.3, -0.25) is 14.9 Å². The van der Waals surface area contributed by atoms with Gasteiger partial charge in [-0.15, -0.1) is 0 Å². The molecule has 0 saturated carbocycles. The number of nitro benzene ring substituents is 1. The second-order valence-corrected chi connectivity index (χ2v) is 4.39. The lowest BCUT2D eigenvalue weighted by Gasteiger charge is -2.07. The molecule has 6 heteroatoms. The van der Waals surface area contributed by atoms with Crippen molar-refractivity contribution in [3.63, 3.8) is 0 Å². The van der Waals surface area contributed by atoms with Gasteiger partial charge in [-0.25, -0.2) is 0 Å². The molecule has 0 bridgehead atoms. The molecule has 0 radical (unpaired) electrons. The predicted octanol–water partition coefficient (Wildman–Crippen LogP) is 3.26. The second kappa shape index (κ2) is 7.21. The number of carbonyl (C=O) groups excluding carboxylic acids is 1. The largest absolute Gasteiger partial charge is 0.494 e. The van der Waals surface area contributed by atoms with E-state index in [9.17, 15) is 14.9 Å². The molecule has 0 spiro atoms.